The molecule has 31 heavy (non-hydrogen) atoms. The van der Waals surface area contributed by atoms with Gasteiger partial charge in [0.1, 0.15) is 6.04 Å². The molecule has 0 radical (unpaired) electrons. The van der Waals surface area contributed by atoms with Crippen LogP contribution in [0.2, 0.25) is 0 Å². The van der Waals surface area contributed by atoms with Crippen molar-refractivity contribution in [1.82, 2.24) is 14.8 Å². The maximum absolute atomic E-state index is 13.4. The van der Waals surface area contributed by atoms with Crippen LogP contribution in [0.5, 0.6) is 0 Å². The fourth-order valence-corrected chi connectivity index (χ4v) is 4.80. The third-order valence-corrected chi connectivity index (χ3v) is 6.37. The Kier molecular flexibility index (Phi) is 5.16. The van der Waals surface area contributed by atoms with Crippen molar-refractivity contribution in [3.8, 4) is 0 Å². The standard InChI is InChI=1S/C25H26N4O2/c1-18(29-22-10-3-8-20-7-2-9-21(23(20)22)25(29)31)24(30)28-13-5-12-27(14-15-28)17-19-6-4-11-26-16-19/h2-4,6-11,16,18H,5,12-15,17H2,1H3. The minimum absolute atomic E-state index is 0.0152. The number of pyridine rings is 1. The smallest absolute Gasteiger partial charge is 0.259 e. The predicted octanol–water partition coefficient (Wildman–Crippen LogP) is 3.32. The summed E-state index contributed by atoms with van der Waals surface area (Å²) < 4.78 is 0. The average Bonchev–Trinajstić information content (AvgIpc) is 2.94. The Morgan fingerprint density at radius 1 is 1.03 bits per heavy atom. The monoisotopic (exact) mass is 414 g/mol. The van der Waals surface area contributed by atoms with Gasteiger partial charge in [-0.2, -0.15) is 0 Å². The van der Waals surface area contributed by atoms with Crippen molar-refractivity contribution in [3.63, 3.8) is 0 Å². The minimum atomic E-state index is -0.532. The van der Waals surface area contributed by atoms with Crippen LogP contribution in [0.1, 0.15) is 29.3 Å². The summed E-state index contributed by atoms with van der Waals surface area (Å²) in [7, 11) is 0. The van der Waals surface area contributed by atoms with Gasteiger partial charge < -0.3 is 4.90 Å². The second kappa shape index (κ2) is 8.12. The van der Waals surface area contributed by atoms with E-state index in [1.165, 1.54) is 5.56 Å². The number of benzene rings is 2. The lowest BCUT2D eigenvalue weighted by atomic mass is 10.1. The van der Waals surface area contributed by atoms with E-state index in [9.17, 15) is 9.59 Å². The molecule has 0 aliphatic carbocycles. The number of hydrogen-bond acceptors (Lipinski definition) is 4. The zero-order chi connectivity index (χ0) is 21.4. The SMILES string of the molecule is CC(C(=O)N1CCCN(Cc2cccnc2)CC1)N1C(=O)c2cccc3cccc1c23. The van der Waals surface area contributed by atoms with Gasteiger partial charge in [0.05, 0.1) is 5.69 Å². The number of hydrogen-bond donors (Lipinski definition) is 0. The highest BCUT2D eigenvalue weighted by atomic mass is 16.2. The first-order chi connectivity index (χ1) is 15.1. The quantitative estimate of drug-likeness (QED) is 0.657. The molecule has 2 amide bonds. The van der Waals surface area contributed by atoms with Crippen LogP contribution in [0.3, 0.4) is 0 Å². The van der Waals surface area contributed by atoms with E-state index in [1.54, 1.807) is 11.1 Å². The number of carbonyl (C=O) groups is 2. The van der Waals surface area contributed by atoms with Gasteiger partial charge in [0.25, 0.3) is 5.91 Å². The van der Waals surface area contributed by atoms with Crippen molar-refractivity contribution in [2.75, 3.05) is 31.1 Å². The van der Waals surface area contributed by atoms with Gasteiger partial charge in [-0.1, -0.05) is 30.3 Å². The summed E-state index contributed by atoms with van der Waals surface area (Å²) >= 11 is 0. The number of rotatable bonds is 4. The van der Waals surface area contributed by atoms with Gasteiger partial charge in [-0.3, -0.25) is 24.4 Å². The van der Waals surface area contributed by atoms with Crippen LogP contribution >= 0.6 is 0 Å². The molecule has 0 saturated carbocycles. The molecule has 1 aromatic heterocycles. The maximum Gasteiger partial charge on any atom is 0.259 e. The van der Waals surface area contributed by atoms with Gasteiger partial charge in [-0.05, 0) is 42.5 Å². The van der Waals surface area contributed by atoms with Crippen LogP contribution in [0.4, 0.5) is 5.69 Å². The lowest BCUT2D eigenvalue weighted by Gasteiger charge is -2.30. The Bertz CT molecular complexity index is 1130. The van der Waals surface area contributed by atoms with Crippen LogP contribution in [-0.4, -0.2) is 58.8 Å². The Balaban J connectivity index is 1.31. The summed E-state index contributed by atoms with van der Waals surface area (Å²) in [4.78, 5) is 36.8. The maximum atomic E-state index is 13.4. The lowest BCUT2D eigenvalue weighted by molar-refractivity contribution is -0.132. The van der Waals surface area contributed by atoms with E-state index in [4.69, 9.17) is 0 Å². The first-order valence-corrected chi connectivity index (χ1v) is 10.9. The normalized spacial score (nSPS) is 17.8. The molecule has 158 valence electrons. The minimum Gasteiger partial charge on any atom is -0.340 e. The molecule has 0 bridgehead atoms. The number of carbonyl (C=O) groups excluding carboxylic acids is 2. The van der Waals surface area contributed by atoms with E-state index in [0.717, 1.165) is 42.5 Å². The van der Waals surface area contributed by atoms with E-state index in [0.29, 0.717) is 18.7 Å². The zero-order valence-corrected chi connectivity index (χ0v) is 17.7. The third-order valence-electron chi connectivity index (χ3n) is 6.37. The number of nitrogens with zero attached hydrogens (tertiary/aromatic N) is 4. The highest BCUT2D eigenvalue weighted by Crippen LogP contribution is 2.38. The number of amides is 2. The highest BCUT2D eigenvalue weighted by molar-refractivity contribution is 6.26. The third kappa shape index (κ3) is 3.57. The van der Waals surface area contributed by atoms with Crippen molar-refractivity contribution in [2.24, 2.45) is 0 Å². The van der Waals surface area contributed by atoms with Gasteiger partial charge in [-0.15, -0.1) is 0 Å². The van der Waals surface area contributed by atoms with E-state index < -0.39 is 6.04 Å². The van der Waals surface area contributed by atoms with E-state index in [1.807, 2.05) is 60.5 Å². The molecule has 2 aliphatic heterocycles. The molecule has 1 fully saturated rings. The van der Waals surface area contributed by atoms with Gasteiger partial charge >= 0.3 is 0 Å². The molecule has 0 spiro atoms. The van der Waals surface area contributed by atoms with Crippen molar-refractivity contribution in [2.45, 2.75) is 25.9 Å². The van der Waals surface area contributed by atoms with Crippen LogP contribution < -0.4 is 4.90 Å². The molecule has 1 saturated heterocycles. The van der Waals surface area contributed by atoms with E-state index in [2.05, 4.69) is 16.0 Å². The second-order valence-corrected chi connectivity index (χ2v) is 8.35. The topological polar surface area (TPSA) is 56.8 Å². The Hall–Kier alpha value is -3.25. The van der Waals surface area contributed by atoms with Crippen LogP contribution in [-0.2, 0) is 11.3 Å². The fraction of sp³-hybridized carbons (Fsp3) is 0.320. The second-order valence-electron chi connectivity index (χ2n) is 8.35. The van der Waals surface area contributed by atoms with Crippen molar-refractivity contribution >= 4 is 28.3 Å². The number of aromatic nitrogens is 1. The highest BCUT2D eigenvalue weighted by Gasteiger charge is 2.37. The van der Waals surface area contributed by atoms with Gasteiger partial charge in [-0.25, -0.2) is 0 Å². The van der Waals surface area contributed by atoms with Crippen molar-refractivity contribution in [1.29, 1.82) is 0 Å². The average molecular weight is 415 g/mol. The Morgan fingerprint density at radius 2 is 1.87 bits per heavy atom. The number of anilines is 1. The fourth-order valence-electron chi connectivity index (χ4n) is 4.80. The Morgan fingerprint density at radius 3 is 2.68 bits per heavy atom. The molecule has 3 heterocycles. The predicted molar refractivity (Wildman–Crippen MR) is 121 cm³/mol. The molecule has 3 aromatic rings. The molecule has 2 aromatic carbocycles. The summed E-state index contributed by atoms with van der Waals surface area (Å²) in [5.41, 5.74) is 2.71. The summed E-state index contributed by atoms with van der Waals surface area (Å²) in [5, 5.41) is 1.99. The summed E-state index contributed by atoms with van der Waals surface area (Å²) in [5.74, 6) is -0.0675. The molecule has 2 aliphatic rings. The molecule has 6 heteroatoms. The van der Waals surface area contributed by atoms with Crippen LogP contribution in [0, 0.1) is 0 Å². The van der Waals surface area contributed by atoms with Crippen molar-refractivity contribution < 1.29 is 9.59 Å². The lowest BCUT2D eigenvalue weighted by Crippen LogP contribution is -2.49. The molecule has 0 N–H and O–H groups in total. The van der Waals surface area contributed by atoms with Gasteiger partial charge in [0, 0.05) is 56.1 Å². The Labute approximate surface area is 182 Å². The molecular weight excluding hydrogens is 388 g/mol. The van der Waals surface area contributed by atoms with Crippen LogP contribution in [0.15, 0.2) is 60.9 Å². The first kappa shape index (κ1) is 19.7. The van der Waals surface area contributed by atoms with Gasteiger partial charge in [0.2, 0.25) is 5.91 Å². The molecular formula is C25H26N4O2. The van der Waals surface area contributed by atoms with Gasteiger partial charge in [0.15, 0.2) is 0 Å². The van der Waals surface area contributed by atoms with E-state index >= 15 is 0 Å². The molecule has 5 rings (SSSR count). The molecule has 1 atom stereocenters. The molecule has 1 unspecified atom stereocenters. The van der Waals surface area contributed by atoms with Crippen LogP contribution in [0.25, 0.3) is 10.8 Å². The summed E-state index contributed by atoms with van der Waals surface area (Å²) in [6.07, 6.45) is 4.60. The summed E-state index contributed by atoms with van der Waals surface area (Å²) in [6.45, 7) is 5.84. The van der Waals surface area contributed by atoms with Crippen molar-refractivity contribution in [3.05, 3.63) is 72.1 Å². The summed E-state index contributed by atoms with van der Waals surface area (Å²) in [6, 6.07) is 15.2. The molecule has 6 nitrogen and oxygen atoms in total. The van der Waals surface area contributed by atoms with E-state index in [-0.39, 0.29) is 11.8 Å². The largest absolute Gasteiger partial charge is 0.340 e. The first-order valence-electron chi connectivity index (χ1n) is 10.9. The zero-order valence-electron chi connectivity index (χ0n) is 17.7.